The number of hydrogen-bond acceptors (Lipinski definition) is 2. The molecule has 19 aromatic rings. The van der Waals surface area contributed by atoms with Crippen molar-refractivity contribution in [1.29, 1.82) is 0 Å². The van der Waals surface area contributed by atoms with Gasteiger partial charge in [-0.2, -0.15) is 0 Å². The minimum Gasteiger partial charge on any atom is -0.456 e. The number of furan rings is 2. The first-order valence-electron chi connectivity index (χ1n) is 31.5. The van der Waals surface area contributed by atoms with Crippen molar-refractivity contribution in [1.82, 2.24) is 18.3 Å². The Balaban J connectivity index is 1.16. The first kappa shape index (κ1) is 52.5. The third-order valence-corrected chi connectivity index (χ3v) is 20.0. The zero-order valence-electron chi connectivity index (χ0n) is 50.8. The van der Waals surface area contributed by atoms with Crippen molar-refractivity contribution in [3.63, 3.8) is 0 Å². The van der Waals surface area contributed by atoms with Crippen LogP contribution < -0.4 is 0 Å². The molecule has 0 aliphatic heterocycles. The lowest BCUT2D eigenvalue weighted by Crippen LogP contribution is -2.35. The highest BCUT2D eigenvalue weighted by molar-refractivity contribution is 6.29. The molecule has 0 saturated heterocycles. The molecule has 0 spiro atoms. The van der Waals surface area contributed by atoms with Gasteiger partial charge >= 0.3 is 0 Å². The summed E-state index contributed by atoms with van der Waals surface area (Å²) in [5.74, 6) is -0.776. The number of rotatable bonds is 8. The van der Waals surface area contributed by atoms with Gasteiger partial charge in [0.1, 0.15) is 34.0 Å². The Bertz CT molecular complexity index is 6010. The van der Waals surface area contributed by atoms with E-state index in [2.05, 4.69) is 252 Å². The fourth-order valence-electron chi connectivity index (χ4n) is 16.5. The zero-order chi connectivity index (χ0) is 61.5. The van der Waals surface area contributed by atoms with E-state index < -0.39 is 11.1 Å². The Morgan fingerprint density at radius 2 is 0.598 bits per heavy atom. The van der Waals surface area contributed by atoms with Crippen LogP contribution in [-0.2, 0) is 11.1 Å². The predicted molar refractivity (Wildman–Crippen MR) is 376 cm³/mol. The summed E-state index contributed by atoms with van der Waals surface area (Å²) < 4.78 is 58.3. The van der Waals surface area contributed by atoms with E-state index in [1.54, 1.807) is 12.1 Å². The molecular weight excluding hydrogens is 1130 g/mol. The summed E-state index contributed by atoms with van der Waals surface area (Å²) in [6.07, 6.45) is 0. The molecule has 19 rings (SSSR count). The summed E-state index contributed by atoms with van der Waals surface area (Å²) in [6, 6.07) is 91.6. The maximum atomic E-state index is 17.4. The standard InChI is InChI=1S/C84H56F2N4O2/c1-83(2,89-63-37-15-5-27-53(63)54-28-6-16-38-64(54)89)79-73(49-23-21-25-51(85)47-49)81(87-61-35-13-9-31-57(61)75-67(87)43-45-71-77(75)59-33-11-19-41-69(59)91-71)80(84(3,4)90-65-39-17-7-29-55(65)56-30-8-18-40-66(56)90)82(74(79)50-24-22-26-52(86)48-50)88-62-36-14-10-32-58(62)76-68(88)44-46-72-78(76)60-34-12-20-42-70(60)92-72/h5-48H,1-4H3. The Kier molecular flexibility index (Phi) is 10.8. The first-order chi connectivity index (χ1) is 45.0. The molecule has 6 heterocycles. The molecule has 0 fully saturated rings. The van der Waals surface area contributed by atoms with Gasteiger partial charge in [0.05, 0.1) is 44.5 Å². The smallest absolute Gasteiger partial charge is 0.136 e. The lowest BCUT2D eigenvalue weighted by Gasteiger charge is -2.41. The fourth-order valence-corrected chi connectivity index (χ4v) is 16.5. The minimum atomic E-state index is -1.08. The second-order valence-electron chi connectivity index (χ2n) is 25.6. The Hall–Kier alpha value is -11.5. The molecule has 0 atom stereocenters. The predicted octanol–water partition coefficient (Wildman–Crippen LogP) is 23.1. The van der Waals surface area contributed by atoms with E-state index in [-0.39, 0.29) is 11.6 Å². The molecule has 0 aliphatic rings. The molecule has 6 nitrogen and oxygen atoms in total. The number of fused-ring (bicyclic) bond motifs is 20. The van der Waals surface area contributed by atoms with Crippen molar-refractivity contribution in [2.45, 2.75) is 38.8 Å². The molecule has 438 valence electrons. The number of hydrogen-bond donors (Lipinski definition) is 0. The van der Waals surface area contributed by atoms with Crippen LogP contribution in [0.15, 0.2) is 276 Å². The van der Waals surface area contributed by atoms with Gasteiger partial charge in [-0.15, -0.1) is 0 Å². The Labute approximate surface area is 526 Å². The topological polar surface area (TPSA) is 46.0 Å². The van der Waals surface area contributed by atoms with Crippen LogP contribution in [0.4, 0.5) is 8.78 Å². The van der Waals surface area contributed by atoms with Crippen LogP contribution in [0, 0.1) is 11.6 Å². The molecule has 0 amide bonds. The fraction of sp³-hybridized carbons (Fsp3) is 0.0714. The molecular formula is C84H56F2N4O2. The monoisotopic (exact) mass is 1190 g/mol. The summed E-state index contributed by atoms with van der Waals surface area (Å²) in [7, 11) is 0. The molecule has 0 radical (unpaired) electrons. The van der Waals surface area contributed by atoms with Crippen molar-refractivity contribution in [3.8, 4) is 33.6 Å². The average Bonchev–Trinajstić information content (AvgIpc) is 1.32. The summed E-state index contributed by atoms with van der Waals surface area (Å²) in [5.41, 5.74) is 15.1. The molecule has 13 aromatic carbocycles. The highest BCUT2D eigenvalue weighted by Gasteiger charge is 2.44. The van der Waals surface area contributed by atoms with Crippen LogP contribution in [0.1, 0.15) is 38.8 Å². The average molecular weight is 1190 g/mol. The van der Waals surface area contributed by atoms with E-state index in [4.69, 9.17) is 8.83 Å². The van der Waals surface area contributed by atoms with Gasteiger partial charge in [-0.1, -0.05) is 170 Å². The van der Waals surface area contributed by atoms with Crippen LogP contribution in [0.2, 0.25) is 0 Å². The van der Waals surface area contributed by atoms with Gasteiger partial charge in [0.15, 0.2) is 0 Å². The maximum absolute atomic E-state index is 17.4. The summed E-state index contributed by atoms with van der Waals surface area (Å²) in [6.45, 7) is 9.31. The lowest BCUT2D eigenvalue weighted by molar-refractivity contribution is 0.455. The molecule has 92 heavy (non-hydrogen) atoms. The van der Waals surface area contributed by atoms with Crippen LogP contribution in [-0.4, -0.2) is 18.3 Å². The number of aromatic nitrogens is 4. The molecule has 6 aromatic heterocycles. The van der Waals surface area contributed by atoms with E-state index in [9.17, 15) is 0 Å². The highest BCUT2D eigenvalue weighted by Crippen LogP contribution is 2.58. The van der Waals surface area contributed by atoms with E-state index in [1.807, 2.05) is 36.4 Å². The second kappa shape index (κ2) is 19.0. The molecule has 0 bridgehead atoms. The quantitative estimate of drug-likeness (QED) is 0.152. The van der Waals surface area contributed by atoms with Crippen molar-refractivity contribution >= 4 is 131 Å². The lowest BCUT2D eigenvalue weighted by atomic mass is 9.74. The second-order valence-corrected chi connectivity index (χ2v) is 25.6. The van der Waals surface area contributed by atoms with Crippen LogP contribution in [0.3, 0.4) is 0 Å². The minimum absolute atomic E-state index is 0.388. The first-order valence-corrected chi connectivity index (χ1v) is 31.5. The van der Waals surface area contributed by atoms with Crippen molar-refractivity contribution in [2.75, 3.05) is 0 Å². The normalized spacial score (nSPS) is 12.7. The van der Waals surface area contributed by atoms with E-state index >= 15 is 8.78 Å². The van der Waals surface area contributed by atoms with Gasteiger partial charge in [-0.25, -0.2) is 8.78 Å². The van der Waals surface area contributed by atoms with Crippen LogP contribution >= 0.6 is 0 Å². The third-order valence-electron chi connectivity index (χ3n) is 20.0. The van der Waals surface area contributed by atoms with Crippen LogP contribution in [0.5, 0.6) is 0 Å². The molecule has 0 unspecified atom stereocenters. The largest absolute Gasteiger partial charge is 0.456 e. The number of nitrogens with zero attached hydrogens (tertiary/aromatic N) is 4. The van der Waals surface area contributed by atoms with E-state index in [0.29, 0.717) is 11.1 Å². The van der Waals surface area contributed by atoms with Crippen LogP contribution in [0.25, 0.3) is 165 Å². The van der Waals surface area contributed by atoms with Gasteiger partial charge < -0.3 is 27.1 Å². The van der Waals surface area contributed by atoms with Gasteiger partial charge in [-0.05, 0) is 141 Å². The van der Waals surface area contributed by atoms with Crippen molar-refractivity contribution < 1.29 is 17.6 Å². The third kappa shape index (κ3) is 7.06. The molecule has 0 saturated carbocycles. The Morgan fingerprint density at radius 3 is 0.978 bits per heavy atom. The number of para-hydroxylation sites is 8. The highest BCUT2D eigenvalue weighted by atomic mass is 19.1. The Morgan fingerprint density at radius 1 is 0.272 bits per heavy atom. The maximum Gasteiger partial charge on any atom is 0.136 e. The van der Waals surface area contributed by atoms with Gasteiger partial charge in [0.2, 0.25) is 0 Å². The van der Waals surface area contributed by atoms with Crippen molar-refractivity contribution in [2.24, 2.45) is 0 Å². The SMILES string of the molecule is CC(C)(c1c(-c2cccc(F)c2)c(-n2c3ccccc3c3c4c(ccc32)oc2ccccc24)c(C(C)(C)n2c3ccccc3c3ccccc32)c(-n2c3ccccc3c3c4c(ccc32)oc2ccccc24)c1-c1cccc(F)c1)n1c2ccccc2c2ccccc21. The zero-order valence-corrected chi connectivity index (χ0v) is 50.8. The van der Waals surface area contributed by atoms with Gasteiger partial charge in [-0.3, -0.25) is 0 Å². The molecule has 0 N–H and O–H groups in total. The number of halogens is 2. The van der Waals surface area contributed by atoms with Gasteiger partial charge in [0, 0.05) is 103 Å². The van der Waals surface area contributed by atoms with E-state index in [1.165, 1.54) is 12.1 Å². The summed E-state index contributed by atoms with van der Waals surface area (Å²) in [5, 5.41) is 12.5. The summed E-state index contributed by atoms with van der Waals surface area (Å²) in [4.78, 5) is 0. The summed E-state index contributed by atoms with van der Waals surface area (Å²) >= 11 is 0. The molecule has 0 aliphatic carbocycles. The molecule has 8 heteroatoms. The number of benzene rings is 13. The van der Waals surface area contributed by atoms with Crippen molar-refractivity contribution in [3.05, 3.63) is 290 Å². The van der Waals surface area contributed by atoms with Gasteiger partial charge in [0.25, 0.3) is 0 Å². The van der Waals surface area contributed by atoms with E-state index in [0.717, 1.165) is 165 Å².